The van der Waals surface area contributed by atoms with Crippen LogP contribution in [0.1, 0.15) is 51.4 Å². The number of sulfonamides is 1. The maximum absolute atomic E-state index is 11.8. The van der Waals surface area contributed by atoms with Crippen LogP contribution < -0.4 is 4.72 Å². The van der Waals surface area contributed by atoms with Gasteiger partial charge in [-0.25, -0.2) is 13.1 Å². The molecule has 18 heavy (non-hydrogen) atoms. The quantitative estimate of drug-likeness (QED) is 0.820. The van der Waals surface area contributed by atoms with Gasteiger partial charge in [0.25, 0.3) is 0 Å². The lowest BCUT2D eigenvalue weighted by Gasteiger charge is -2.16. The van der Waals surface area contributed by atoms with E-state index in [0.717, 1.165) is 0 Å². The molecule has 0 fully saturated rings. The molecule has 0 aliphatic heterocycles. The second-order valence-electron chi connectivity index (χ2n) is 4.78. The van der Waals surface area contributed by atoms with Crippen molar-refractivity contribution in [1.29, 1.82) is 0 Å². The van der Waals surface area contributed by atoms with Crippen molar-refractivity contribution >= 4 is 10.0 Å². The van der Waals surface area contributed by atoms with Gasteiger partial charge in [-0.3, -0.25) is 0 Å². The third-order valence-corrected chi connectivity index (χ3v) is 3.93. The summed E-state index contributed by atoms with van der Waals surface area (Å²) in [6.07, 6.45) is 1.21. The fraction of sp³-hybridized carbons (Fsp3) is 0.818. The molecule has 1 unspecified atom stereocenters. The van der Waals surface area contributed by atoms with Crippen LogP contribution in [0, 0.1) is 12.8 Å². The molecule has 0 bridgehead atoms. The molecular formula is C11H21N3O3S. The lowest BCUT2D eigenvalue weighted by atomic mass is 10.0. The third kappa shape index (κ3) is 4.73. The summed E-state index contributed by atoms with van der Waals surface area (Å²) in [5, 5.41) is 7.64. The maximum atomic E-state index is 11.8. The maximum Gasteiger partial charge on any atom is 0.234 e. The molecule has 0 saturated heterocycles. The summed E-state index contributed by atoms with van der Waals surface area (Å²) in [7, 11) is -3.29. The number of aromatic nitrogens is 2. The van der Waals surface area contributed by atoms with Crippen molar-refractivity contribution in [3.05, 3.63) is 11.8 Å². The predicted molar refractivity (Wildman–Crippen MR) is 68.4 cm³/mol. The third-order valence-electron chi connectivity index (χ3n) is 2.34. The molecule has 7 heteroatoms. The van der Waals surface area contributed by atoms with Gasteiger partial charge in [-0.05, 0) is 18.8 Å². The lowest BCUT2D eigenvalue weighted by molar-refractivity contribution is 0.372. The zero-order valence-corrected chi connectivity index (χ0v) is 12.1. The van der Waals surface area contributed by atoms with E-state index in [1.807, 2.05) is 20.8 Å². The highest BCUT2D eigenvalue weighted by atomic mass is 32.2. The Labute approximate surface area is 108 Å². The van der Waals surface area contributed by atoms with E-state index >= 15 is 0 Å². The predicted octanol–water partition coefficient (Wildman–Crippen LogP) is 1.79. The van der Waals surface area contributed by atoms with Crippen molar-refractivity contribution in [1.82, 2.24) is 14.9 Å². The van der Waals surface area contributed by atoms with Crippen LogP contribution in [0.4, 0.5) is 0 Å². The number of nitrogens with one attached hydrogen (secondary N) is 1. The molecule has 1 rings (SSSR count). The summed E-state index contributed by atoms with van der Waals surface area (Å²) in [4.78, 5) is 0. The molecule has 0 amide bonds. The van der Waals surface area contributed by atoms with Crippen LogP contribution in [0.5, 0.6) is 0 Å². The Bertz CT molecular complexity index is 468. The molecule has 1 aromatic heterocycles. The second kappa shape index (κ2) is 6.29. The normalized spacial score (nSPS) is 14.1. The smallest absolute Gasteiger partial charge is 0.234 e. The van der Waals surface area contributed by atoms with Gasteiger partial charge in [-0.2, -0.15) is 0 Å². The van der Waals surface area contributed by atoms with Crippen molar-refractivity contribution in [2.45, 2.75) is 46.6 Å². The first-order valence-electron chi connectivity index (χ1n) is 6.14. The number of rotatable bonds is 7. The van der Waals surface area contributed by atoms with Gasteiger partial charge < -0.3 is 4.42 Å². The van der Waals surface area contributed by atoms with Crippen LogP contribution in [0.25, 0.3) is 0 Å². The van der Waals surface area contributed by atoms with E-state index in [4.69, 9.17) is 4.42 Å². The summed E-state index contributed by atoms with van der Waals surface area (Å²) in [5.74, 6) is 1.20. The van der Waals surface area contributed by atoms with E-state index in [1.165, 1.54) is 0 Å². The van der Waals surface area contributed by atoms with Crippen molar-refractivity contribution in [2.75, 3.05) is 5.75 Å². The van der Waals surface area contributed by atoms with Gasteiger partial charge in [0.2, 0.25) is 21.8 Å². The van der Waals surface area contributed by atoms with Crippen molar-refractivity contribution in [2.24, 2.45) is 5.92 Å². The van der Waals surface area contributed by atoms with E-state index in [0.29, 0.717) is 30.5 Å². The molecule has 0 aliphatic carbocycles. The van der Waals surface area contributed by atoms with Crippen molar-refractivity contribution < 1.29 is 12.8 Å². The van der Waals surface area contributed by atoms with Gasteiger partial charge in [0.05, 0.1) is 5.75 Å². The molecule has 1 aromatic rings. The average molecular weight is 275 g/mol. The Morgan fingerprint density at radius 2 is 2.00 bits per heavy atom. The minimum absolute atomic E-state index is 0.106. The van der Waals surface area contributed by atoms with E-state index in [1.54, 1.807) is 6.92 Å². The molecule has 0 radical (unpaired) electrons. The lowest BCUT2D eigenvalue weighted by Crippen LogP contribution is -2.31. The van der Waals surface area contributed by atoms with Gasteiger partial charge in [0.1, 0.15) is 6.04 Å². The van der Waals surface area contributed by atoms with E-state index in [2.05, 4.69) is 14.9 Å². The highest BCUT2D eigenvalue weighted by Gasteiger charge is 2.24. The Morgan fingerprint density at radius 3 is 2.44 bits per heavy atom. The molecule has 1 heterocycles. The zero-order valence-electron chi connectivity index (χ0n) is 11.3. The molecule has 0 spiro atoms. The molecule has 0 aromatic carbocycles. The first-order chi connectivity index (χ1) is 8.34. The molecule has 6 nitrogen and oxygen atoms in total. The van der Waals surface area contributed by atoms with E-state index in [-0.39, 0.29) is 5.75 Å². The SMILES string of the molecule is CCCS(=O)(=O)NC(CC(C)C)c1nnc(C)o1. The van der Waals surface area contributed by atoms with Gasteiger partial charge in [-0.1, -0.05) is 20.8 Å². The molecular weight excluding hydrogens is 254 g/mol. The van der Waals surface area contributed by atoms with Crippen LogP contribution in [0.2, 0.25) is 0 Å². The highest BCUT2D eigenvalue weighted by Crippen LogP contribution is 2.21. The first kappa shape index (κ1) is 15.1. The monoisotopic (exact) mass is 275 g/mol. The van der Waals surface area contributed by atoms with Gasteiger partial charge in [0, 0.05) is 6.92 Å². The first-order valence-corrected chi connectivity index (χ1v) is 7.79. The minimum Gasteiger partial charge on any atom is -0.424 e. The molecule has 1 N–H and O–H groups in total. The number of nitrogens with zero attached hydrogens (tertiary/aromatic N) is 2. The number of aryl methyl sites for hydroxylation is 1. The molecule has 0 saturated carbocycles. The van der Waals surface area contributed by atoms with Crippen LogP contribution in [0.3, 0.4) is 0 Å². The molecule has 0 aliphatic rings. The zero-order chi connectivity index (χ0) is 13.8. The summed E-state index contributed by atoms with van der Waals surface area (Å²) < 4.78 is 31.6. The Balaban J connectivity index is 2.86. The van der Waals surface area contributed by atoms with Gasteiger partial charge in [0.15, 0.2) is 0 Å². The highest BCUT2D eigenvalue weighted by molar-refractivity contribution is 7.89. The standard InChI is InChI=1S/C11H21N3O3S/c1-5-6-18(15,16)14-10(7-8(2)3)11-13-12-9(4)17-11/h8,10,14H,5-7H2,1-4H3. The Hall–Kier alpha value is -0.950. The second-order valence-corrected chi connectivity index (χ2v) is 6.65. The van der Waals surface area contributed by atoms with Crippen LogP contribution in [-0.4, -0.2) is 24.4 Å². The van der Waals surface area contributed by atoms with Crippen LogP contribution in [-0.2, 0) is 10.0 Å². The van der Waals surface area contributed by atoms with Crippen molar-refractivity contribution in [3.8, 4) is 0 Å². The number of hydrogen-bond acceptors (Lipinski definition) is 5. The summed E-state index contributed by atoms with van der Waals surface area (Å²) in [5.41, 5.74) is 0. The molecule has 104 valence electrons. The van der Waals surface area contributed by atoms with Gasteiger partial charge >= 0.3 is 0 Å². The van der Waals surface area contributed by atoms with Crippen LogP contribution in [0.15, 0.2) is 4.42 Å². The Morgan fingerprint density at radius 1 is 1.33 bits per heavy atom. The van der Waals surface area contributed by atoms with Crippen LogP contribution >= 0.6 is 0 Å². The largest absolute Gasteiger partial charge is 0.424 e. The minimum atomic E-state index is -3.29. The Kier molecular flexibility index (Phi) is 5.28. The van der Waals surface area contributed by atoms with E-state index < -0.39 is 16.1 Å². The topological polar surface area (TPSA) is 85.1 Å². The molecule has 1 atom stereocenters. The summed E-state index contributed by atoms with van der Waals surface area (Å²) in [6, 6.07) is -0.442. The van der Waals surface area contributed by atoms with E-state index in [9.17, 15) is 8.42 Å². The fourth-order valence-electron chi connectivity index (χ4n) is 1.67. The summed E-state index contributed by atoms with van der Waals surface area (Å²) in [6.45, 7) is 7.55. The fourth-order valence-corrected chi connectivity index (χ4v) is 2.95. The number of hydrogen-bond donors (Lipinski definition) is 1. The van der Waals surface area contributed by atoms with Crippen molar-refractivity contribution in [3.63, 3.8) is 0 Å². The average Bonchev–Trinajstić information content (AvgIpc) is 2.62. The van der Waals surface area contributed by atoms with Gasteiger partial charge in [-0.15, -0.1) is 10.2 Å². The summed E-state index contributed by atoms with van der Waals surface area (Å²) >= 11 is 0.